The zero-order valence-corrected chi connectivity index (χ0v) is 16.7. The maximum atomic E-state index is 12.8. The molecule has 0 bridgehead atoms. The Morgan fingerprint density at radius 1 is 0.967 bits per heavy atom. The van der Waals surface area contributed by atoms with Gasteiger partial charge in [0.1, 0.15) is 5.69 Å². The van der Waals surface area contributed by atoms with E-state index < -0.39 is 5.97 Å². The normalized spacial score (nSPS) is 13.2. The van der Waals surface area contributed by atoms with Crippen molar-refractivity contribution in [3.63, 3.8) is 0 Å². The fourth-order valence-corrected chi connectivity index (χ4v) is 3.55. The third kappa shape index (κ3) is 4.15. The minimum Gasteiger partial charge on any atom is -0.465 e. The summed E-state index contributed by atoms with van der Waals surface area (Å²) in [7, 11) is 1.32. The monoisotopic (exact) mass is 402 g/mol. The van der Waals surface area contributed by atoms with E-state index in [0.29, 0.717) is 16.8 Å². The number of carbonyl (C=O) groups is 2. The Morgan fingerprint density at radius 2 is 1.70 bits per heavy atom. The molecule has 0 radical (unpaired) electrons. The van der Waals surface area contributed by atoms with Crippen molar-refractivity contribution in [2.75, 3.05) is 30.4 Å². The molecule has 7 heteroatoms. The standard InChI is InChI=1S/C23H22N4O3/c1-30-23(29)18-8-5-9-19(15-18)26-22(28)17-7-4-6-16(14-17)20-21(25-11-10-24-20)27-12-2-3-13-27/h4-11,14-15H,2-3,12-13H2,1H3,(H,26,28). The van der Waals surface area contributed by atoms with Crippen LogP contribution in [0.4, 0.5) is 11.5 Å². The van der Waals surface area contributed by atoms with Gasteiger partial charge in [0.2, 0.25) is 0 Å². The van der Waals surface area contributed by atoms with Gasteiger partial charge in [-0.05, 0) is 43.2 Å². The van der Waals surface area contributed by atoms with Crippen LogP contribution in [0, 0.1) is 0 Å². The lowest BCUT2D eigenvalue weighted by atomic mass is 10.1. The lowest BCUT2D eigenvalue weighted by molar-refractivity contribution is 0.0600. The SMILES string of the molecule is COC(=O)c1cccc(NC(=O)c2cccc(-c3nccnc3N3CCCC3)c2)c1. The number of amides is 1. The van der Waals surface area contributed by atoms with Gasteiger partial charge in [-0.1, -0.05) is 18.2 Å². The molecule has 1 N–H and O–H groups in total. The smallest absolute Gasteiger partial charge is 0.337 e. The van der Waals surface area contributed by atoms with Gasteiger partial charge in [0, 0.05) is 42.3 Å². The number of rotatable bonds is 5. The first-order valence-corrected chi connectivity index (χ1v) is 9.82. The van der Waals surface area contributed by atoms with E-state index >= 15 is 0 Å². The Kier molecular flexibility index (Phi) is 5.70. The molecule has 30 heavy (non-hydrogen) atoms. The first kappa shape index (κ1) is 19.6. The highest BCUT2D eigenvalue weighted by Crippen LogP contribution is 2.29. The summed E-state index contributed by atoms with van der Waals surface area (Å²) in [6, 6.07) is 14.0. The third-order valence-corrected chi connectivity index (χ3v) is 5.02. The van der Waals surface area contributed by atoms with E-state index in [2.05, 4.69) is 20.2 Å². The number of hydrogen-bond donors (Lipinski definition) is 1. The van der Waals surface area contributed by atoms with E-state index in [0.717, 1.165) is 43.0 Å². The number of esters is 1. The third-order valence-electron chi connectivity index (χ3n) is 5.02. The van der Waals surface area contributed by atoms with Crippen LogP contribution >= 0.6 is 0 Å². The van der Waals surface area contributed by atoms with Crippen molar-refractivity contribution in [1.82, 2.24) is 9.97 Å². The molecular formula is C23H22N4O3. The van der Waals surface area contributed by atoms with Crippen LogP contribution in [-0.4, -0.2) is 42.0 Å². The van der Waals surface area contributed by atoms with Crippen LogP contribution in [0.15, 0.2) is 60.9 Å². The molecular weight excluding hydrogens is 380 g/mol. The van der Waals surface area contributed by atoms with Crippen molar-refractivity contribution in [1.29, 1.82) is 0 Å². The fourth-order valence-electron chi connectivity index (χ4n) is 3.55. The molecule has 1 aliphatic heterocycles. The van der Waals surface area contributed by atoms with E-state index in [1.165, 1.54) is 7.11 Å². The van der Waals surface area contributed by atoms with Gasteiger partial charge in [-0.3, -0.25) is 9.78 Å². The molecule has 1 aliphatic rings. The predicted octanol–water partition coefficient (Wildman–Crippen LogP) is 3.78. The number of anilines is 2. The number of aromatic nitrogens is 2. The summed E-state index contributed by atoms with van der Waals surface area (Å²) in [6.45, 7) is 1.92. The van der Waals surface area contributed by atoms with Crippen LogP contribution in [0.2, 0.25) is 0 Å². The van der Waals surface area contributed by atoms with Crippen molar-refractivity contribution in [3.8, 4) is 11.3 Å². The van der Waals surface area contributed by atoms with E-state index in [9.17, 15) is 9.59 Å². The van der Waals surface area contributed by atoms with Gasteiger partial charge in [0.05, 0.1) is 12.7 Å². The van der Waals surface area contributed by atoms with Gasteiger partial charge >= 0.3 is 5.97 Å². The van der Waals surface area contributed by atoms with Crippen molar-refractivity contribution < 1.29 is 14.3 Å². The lowest BCUT2D eigenvalue weighted by Gasteiger charge is -2.19. The molecule has 3 aromatic rings. The fraction of sp³-hybridized carbons (Fsp3) is 0.217. The number of nitrogens with one attached hydrogen (secondary N) is 1. The van der Waals surface area contributed by atoms with Crippen LogP contribution in [0.1, 0.15) is 33.6 Å². The highest BCUT2D eigenvalue weighted by molar-refractivity contribution is 6.05. The molecule has 0 aliphatic carbocycles. The Balaban J connectivity index is 1.59. The van der Waals surface area contributed by atoms with E-state index in [-0.39, 0.29) is 5.91 Å². The molecule has 4 rings (SSSR count). The maximum Gasteiger partial charge on any atom is 0.337 e. The molecule has 1 saturated heterocycles. The predicted molar refractivity (Wildman–Crippen MR) is 115 cm³/mol. The molecule has 0 spiro atoms. The number of benzene rings is 2. The summed E-state index contributed by atoms with van der Waals surface area (Å²) >= 11 is 0. The van der Waals surface area contributed by atoms with E-state index in [1.54, 1.807) is 42.7 Å². The number of ether oxygens (including phenoxy) is 1. The maximum absolute atomic E-state index is 12.8. The highest BCUT2D eigenvalue weighted by Gasteiger charge is 2.19. The zero-order valence-electron chi connectivity index (χ0n) is 16.7. The van der Waals surface area contributed by atoms with Crippen LogP contribution in [-0.2, 0) is 4.74 Å². The van der Waals surface area contributed by atoms with Crippen molar-refractivity contribution >= 4 is 23.4 Å². The van der Waals surface area contributed by atoms with Crippen LogP contribution in [0.25, 0.3) is 11.3 Å². The van der Waals surface area contributed by atoms with Gasteiger partial charge in [-0.25, -0.2) is 9.78 Å². The molecule has 1 aromatic heterocycles. The average molecular weight is 402 g/mol. The summed E-state index contributed by atoms with van der Waals surface area (Å²) in [5, 5.41) is 2.83. The summed E-state index contributed by atoms with van der Waals surface area (Å²) in [5.74, 6) is 0.119. The number of carbonyl (C=O) groups excluding carboxylic acids is 2. The van der Waals surface area contributed by atoms with Crippen LogP contribution in [0.3, 0.4) is 0 Å². The minimum atomic E-state index is -0.454. The van der Waals surface area contributed by atoms with Crippen molar-refractivity contribution in [2.45, 2.75) is 12.8 Å². The van der Waals surface area contributed by atoms with Crippen LogP contribution in [0.5, 0.6) is 0 Å². The largest absolute Gasteiger partial charge is 0.465 e. The average Bonchev–Trinajstić information content (AvgIpc) is 3.33. The molecule has 1 fully saturated rings. The molecule has 2 heterocycles. The second-order valence-corrected chi connectivity index (χ2v) is 7.03. The van der Waals surface area contributed by atoms with Gasteiger partial charge in [0.25, 0.3) is 5.91 Å². The molecule has 2 aromatic carbocycles. The van der Waals surface area contributed by atoms with Gasteiger partial charge in [-0.2, -0.15) is 0 Å². The molecule has 1 amide bonds. The minimum absolute atomic E-state index is 0.273. The lowest BCUT2D eigenvalue weighted by Crippen LogP contribution is -2.20. The molecule has 152 valence electrons. The Labute approximate surface area is 174 Å². The second kappa shape index (κ2) is 8.73. The first-order chi connectivity index (χ1) is 14.7. The molecule has 0 saturated carbocycles. The summed E-state index contributed by atoms with van der Waals surface area (Å²) in [4.78, 5) is 35.8. The summed E-state index contributed by atoms with van der Waals surface area (Å²) in [5.41, 5.74) is 2.99. The Bertz CT molecular complexity index is 1080. The Hall–Kier alpha value is -3.74. The number of hydrogen-bond acceptors (Lipinski definition) is 6. The van der Waals surface area contributed by atoms with E-state index in [1.807, 2.05) is 18.2 Å². The zero-order chi connectivity index (χ0) is 20.9. The molecule has 7 nitrogen and oxygen atoms in total. The van der Waals surface area contributed by atoms with Crippen molar-refractivity contribution in [3.05, 3.63) is 72.1 Å². The van der Waals surface area contributed by atoms with Crippen molar-refractivity contribution in [2.24, 2.45) is 0 Å². The number of methoxy groups -OCH3 is 1. The van der Waals surface area contributed by atoms with Gasteiger partial charge < -0.3 is 15.0 Å². The quantitative estimate of drug-likeness (QED) is 0.654. The topological polar surface area (TPSA) is 84.4 Å². The molecule has 0 atom stereocenters. The van der Waals surface area contributed by atoms with Crippen LogP contribution < -0.4 is 10.2 Å². The van der Waals surface area contributed by atoms with E-state index in [4.69, 9.17) is 4.74 Å². The van der Waals surface area contributed by atoms with Gasteiger partial charge in [0.15, 0.2) is 5.82 Å². The summed E-state index contributed by atoms with van der Waals surface area (Å²) in [6.07, 6.45) is 5.65. The highest BCUT2D eigenvalue weighted by atomic mass is 16.5. The number of nitrogens with zero attached hydrogens (tertiary/aromatic N) is 3. The first-order valence-electron chi connectivity index (χ1n) is 9.82. The second-order valence-electron chi connectivity index (χ2n) is 7.03. The molecule has 0 unspecified atom stereocenters. The Morgan fingerprint density at radius 3 is 2.50 bits per heavy atom. The summed E-state index contributed by atoms with van der Waals surface area (Å²) < 4.78 is 4.73. The van der Waals surface area contributed by atoms with Gasteiger partial charge in [-0.15, -0.1) is 0 Å².